The standard InChI is InChI=1S/C17H16F2N4O2/c18-13-9-20-17(21-10-13)23-8-7-22(11-16(23)25)15(24)6-5-12-3-1-2-4-14(12)19/h1-4,9-10H,5-8,11H2. The number of carbonyl (C=O) groups is 2. The van der Waals surface area contributed by atoms with E-state index in [4.69, 9.17) is 0 Å². The van der Waals surface area contributed by atoms with Crippen LogP contribution in [-0.2, 0) is 16.0 Å². The largest absolute Gasteiger partial charge is 0.332 e. The van der Waals surface area contributed by atoms with Crippen molar-refractivity contribution < 1.29 is 18.4 Å². The average Bonchev–Trinajstić information content (AvgIpc) is 2.61. The van der Waals surface area contributed by atoms with Crippen LogP contribution in [0.1, 0.15) is 12.0 Å². The Hall–Kier alpha value is -2.90. The van der Waals surface area contributed by atoms with Gasteiger partial charge < -0.3 is 4.90 Å². The van der Waals surface area contributed by atoms with Gasteiger partial charge in [0.2, 0.25) is 17.8 Å². The minimum absolute atomic E-state index is 0.100. The van der Waals surface area contributed by atoms with Crippen LogP contribution in [0.5, 0.6) is 0 Å². The Kier molecular flexibility index (Phi) is 4.97. The molecule has 8 heteroatoms. The number of rotatable bonds is 4. The van der Waals surface area contributed by atoms with Crippen molar-refractivity contribution in [2.45, 2.75) is 12.8 Å². The lowest BCUT2D eigenvalue weighted by Crippen LogP contribution is -2.53. The third-order valence-electron chi connectivity index (χ3n) is 3.99. The highest BCUT2D eigenvalue weighted by Crippen LogP contribution is 2.14. The van der Waals surface area contributed by atoms with Gasteiger partial charge >= 0.3 is 0 Å². The summed E-state index contributed by atoms with van der Waals surface area (Å²) in [6.07, 6.45) is 2.38. The molecule has 1 saturated heterocycles. The van der Waals surface area contributed by atoms with Crippen molar-refractivity contribution >= 4 is 17.8 Å². The molecular formula is C17H16F2N4O2. The maximum absolute atomic E-state index is 13.6. The van der Waals surface area contributed by atoms with Crippen LogP contribution in [0.4, 0.5) is 14.7 Å². The summed E-state index contributed by atoms with van der Waals surface area (Å²) in [5, 5.41) is 0. The zero-order valence-electron chi connectivity index (χ0n) is 13.4. The van der Waals surface area contributed by atoms with Crippen LogP contribution < -0.4 is 4.90 Å². The Balaban J connectivity index is 1.57. The zero-order valence-corrected chi connectivity index (χ0v) is 13.4. The molecule has 1 aliphatic rings. The smallest absolute Gasteiger partial charge is 0.249 e. The van der Waals surface area contributed by atoms with Gasteiger partial charge in [0, 0.05) is 19.5 Å². The number of aryl methyl sites for hydroxylation is 1. The van der Waals surface area contributed by atoms with Gasteiger partial charge in [0.1, 0.15) is 12.4 Å². The molecule has 130 valence electrons. The predicted molar refractivity (Wildman–Crippen MR) is 85.6 cm³/mol. The fraction of sp³-hybridized carbons (Fsp3) is 0.294. The molecule has 1 aliphatic heterocycles. The molecule has 1 fully saturated rings. The third-order valence-corrected chi connectivity index (χ3v) is 3.99. The minimum atomic E-state index is -0.585. The van der Waals surface area contributed by atoms with Crippen molar-refractivity contribution in [3.8, 4) is 0 Å². The number of anilines is 1. The van der Waals surface area contributed by atoms with Gasteiger partial charge in [0.25, 0.3) is 0 Å². The number of hydrogen-bond acceptors (Lipinski definition) is 4. The van der Waals surface area contributed by atoms with Crippen LogP contribution >= 0.6 is 0 Å². The Morgan fingerprint density at radius 3 is 2.52 bits per heavy atom. The first kappa shape index (κ1) is 16.9. The van der Waals surface area contributed by atoms with Crippen molar-refractivity contribution in [3.63, 3.8) is 0 Å². The second-order valence-corrected chi connectivity index (χ2v) is 5.65. The molecule has 1 aromatic carbocycles. The highest BCUT2D eigenvalue weighted by molar-refractivity contribution is 5.96. The highest BCUT2D eigenvalue weighted by Gasteiger charge is 2.29. The van der Waals surface area contributed by atoms with Crippen molar-refractivity contribution in [3.05, 3.63) is 53.9 Å². The fourth-order valence-electron chi connectivity index (χ4n) is 2.64. The van der Waals surface area contributed by atoms with Crippen molar-refractivity contribution in [2.24, 2.45) is 0 Å². The molecule has 6 nitrogen and oxygen atoms in total. The number of carbonyl (C=O) groups excluding carboxylic acids is 2. The molecular weight excluding hydrogens is 330 g/mol. The van der Waals surface area contributed by atoms with Gasteiger partial charge in [-0.25, -0.2) is 18.7 Å². The summed E-state index contributed by atoms with van der Waals surface area (Å²) in [6, 6.07) is 6.30. The van der Waals surface area contributed by atoms with Gasteiger partial charge in [0.05, 0.1) is 12.4 Å². The van der Waals surface area contributed by atoms with E-state index in [1.165, 1.54) is 15.9 Å². The van der Waals surface area contributed by atoms with E-state index in [0.29, 0.717) is 12.1 Å². The normalized spacial score (nSPS) is 14.7. The molecule has 0 spiro atoms. The van der Waals surface area contributed by atoms with E-state index in [1.807, 2.05) is 0 Å². The first-order valence-electron chi connectivity index (χ1n) is 7.83. The lowest BCUT2D eigenvalue weighted by Gasteiger charge is -2.33. The summed E-state index contributed by atoms with van der Waals surface area (Å²) in [5.41, 5.74) is 0.473. The lowest BCUT2D eigenvalue weighted by molar-refractivity contribution is -0.136. The molecule has 0 saturated carbocycles. The molecule has 2 aromatic rings. The first-order valence-corrected chi connectivity index (χ1v) is 7.83. The summed E-state index contributed by atoms with van der Waals surface area (Å²) in [4.78, 5) is 34.8. The molecule has 0 N–H and O–H groups in total. The molecule has 0 aliphatic carbocycles. The van der Waals surface area contributed by atoms with E-state index in [9.17, 15) is 18.4 Å². The van der Waals surface area contributed by atoms with Gasteiger partial charge in [-0.2, -0.15) is 0 Å². The average molecular weight is 346 g/mol. The number of aromatic nitrogens is 2. The summed E-state index contributed by atoms with van der Waals surface area (Å²) >= 11 is 0. The SMILES string of the molecule is O=C(CCc1ccccc1F)N1CCN(c2ncc(F)cn2)C(=O)C1. The van der Waals surface area contributed by atoms with Crippen LogP contribution in [-0.4, -0.2) is 46.3 Å². The number of piperazine rings is 1. The van der Waals surface area contributed by atoms with Crippen molar-refractivity contribution in [1.29, 1.82) is 0 Å². The van der Waals surface area contributed by atoms with Crippen molar-refractivity contribution in [2.75, 3.05) is 24.5 Å². The van der Waals surface area contributed by atoms with E-state index in [-0.39, 0.29) is 49.5 Å². The topological polar surface area (TPSA) is 66.4 Å². The summed E-state index contributed by atoms with van der Waals surface area (Å²) < 4.78 is 26.4. The van der Waals surface area contributed by atoms with E-state index in [1.54, 1.807) is 18.2 Å². The predicted octanol–water partition coefficient (Wildman–Crippen LogP) is 1.56. The first-order chi connectivity index (χ1) is 12.0. The second-order valence-electron chi connectivity index (χ2n) is 5.65. The number of benzene rings is 1. The molecule has 0 atom stereocenters. The van der Waals surface area contributed by atoms with E-state index < -0.39 is 5.82 Å². The zero-order chi connectivity index (χ0) is 17.8. The van der Waals surface area contributed by atoms with Gasteiger partial charge in [-0.1, -0.05) is 18.2 Å². The Morgan fingerprint density at radius 2 is 1.84 bits per heavy atom. The number of halogens is 2. The van der Waals surface area contributed by atoms with E-state index in [0.717, 1.165) is 12.4 Å². The Labute approximate surface area is 143 Å². The lowest BCUT2D eigenvalue weighted by atomic mass is 10.1. The van der Waals surface area contributed by atoms with E-state index in [2.05, 4.69) is 9.97 Å². The molecule has 2 heterocycles. The summed E-state index contributed by atoms with van der Waals surface area (Å²) in [7, 11) is 0. The number of hydrogen-bond donors (Lipinski definition) is 0. The van der Waals surface area contributed by atoms with Crippen molar-refractivity contribution in [1.82, 2.24) is 14.9 Å². The quantitative estimate of drug-likeness (QED) is 0.843. The third kappa shape index (κ3) is 3.96. The van der Waals surface area contributed by atoms with Gasteiger partial charge in [0.15, 0.2) is 5.82 Å². The molecule has 3 rings (SSSR count). The van der Waals surface area contributed by atoms with E-state index >= 15 is 0 Å². The fourth-order valence-corrected chi connectivity index (χ4v) is 2.64. The maximum Gasteiger partial charge on any atom is 0.249 e. The van der Waals surface area contributed by atoms with Crippen LogP contribution in [0.2, 0.25) is 0 Å². The molecule has 2 amide bonds. The summed E-state index contributed by atoms with van der Waals surface area (Å²) in [6.45, 7) is 0.454. The van der Waals surface area contributed by atoms with Crippen LogP contribution in [0, 0.1) is 11.6 Å². The number of amides is 2. The molecule has 0 bridgehead atoms. The van der Waals surface area contributed by atoms with Gasteiger partial charge in [-0.15, -0.1) is 0 Å². The molecule has 1 aromatic heterocycles. The Morgan fingerprint density at radius 1 is 1.12 bits per heavy atom. The van der Waals surface area contributed by atoms with Crippen LogP contribution in [0.25, 0.3) is 0 Å². The van der Waals surface area contributed by atoms with Crippen LogP contribution in [0.3, 0.4) is 0 Å². The molecule has 25 heavy (non-hydrogen) atoms. The highest BCUT2D eigenvalue weighted by atomic mass is 19.1. The second kappa shape index (κ2) is 7.33. The number of nitrogens with zero attached hydrogens (tertiary/aromatic N) is 4. The molecule has 0 radical (unpaired) electrons. The Bertz CT molecular complexity index is 782. The monoisotopic (exact) mass is 346 g/mol. The van der Waals surface area contributed by atoms with Gasteiger partial charge in [-0.3, -0.25) is 14.5 Å². The minimum Gasteiger partial charge on any atom is -0.332 e. The molecule has 0 unspecified atom stereocenters. The maximum atomic E-state index is 13.6. The summed E-state index contributed by atoms with van der Waals surface area (Å²) in [5.74, 6) is -1.36. The van der Waals surface area contributed by atoms with Crippen LogP contribution in [0.15, 0.2) is 36.7 Å². The van der Waals surface area contributed by atoms with Gasteiger partial charge in [-0.05, 0) is 18.1 Å².